The number of nitrogens with zero attached hydrogens (tertiary/aromatic N) is 1. The van der Waals surface area contributed by atoms with Crippen LogP contribution >= 0.6 is 0 Å². The molecule has 2 saturated heterocycles. The van der Waals surface area contributed by atoms with Gasteiger partial charge in [-0.2, -0.15) is 0 Å². The van der Waals surface area contributed by atoms with Crippen molar-refractivity contribution >= 4 is 5.91 Å². The van der Waals surface area contributed by atoms with E-state index in [1.807, 2.05) is 0 Å². The number of nitrogens with one attached hydrogen (secondary N) is 1. The zero-order valence-corrected chi connectivity index (χ0v) is 12.4. The molecule has 19 heavy (non-hydrogen) atoms. The second-order valence-electron chi connectivity index (χ2n) is 6.41. The summed E-state index contributed by atoms with van der Waals surface area (Å²) in [4.78, 5) is 14.3. The molecule has 2 aliphatic heterocycles. The van der Waals surface area contributed by atoms with Gasteiger partial charge in [-0.15, -0.1) is 0 Å². The summed E-state index contributed by atoms with van der Waals surface area (Å²) in [6.45, 7) is 7.79. The summed E-state index contributed by atoms with van der Waals surface area (Å²) in [6.07, 6.45) is 6.52. The molecule has 4 nitrogen and oxygen atoms in total. The zero-order chi connectivity index (χ0) is 13.7. The van der Waals surface area contributed by atoms with Crippen molar-refractivity contribution in [2.45, 2.75) is 64.0 Å². The van der Waals surface area contributed by atoms with Crippen molar-refractivity contribution in [1.29, 1.82) is 0 Å². The van der Waals surface area contributed by atoms with E-state index in [2.05, 4.69) is 24.1 Å². The minimum atomic E-state index is 0.0541. The van der Waals surface area contributed by atoms with Crippen molar-refractivity contribution in [2.24, 2.45) is 0 Å². The Morgan fingerprint density at radius 1 is 1.32 bits per heavy atom. The van der Waals surface area contributed by atoms with Crippen LogP contribution in [0.2, 0.25) is 0 Å². The van der Waals surface area contributed by atoms with Gasteiger partial charge in [0.05, 0.1) is 6.61 Å². The molecule has 4 heteroatoms. The Balaban J connectivity index is 1.77. The van der Waals surface area contributed by atoms with E-state index < -0.39 is 0 Å². The molecule has 0 radical (unpaired) electrons. The standard InChI is InChI=1S/C15H28N2O2/c1-13(16-15(2)7-10-19-12-15)11-14(18)17-8-5-3-4-6-9-17/h13,16H,3-12H2,1-2H3/t13-,15-/m0/s1. The fraction of sp³-hybridized carbons (Fsp3) is 0.933. The molecule has 2 fully saturated rings. The number of hydrogen-bond acceptors (Lipinski definition) is 3. The maximum absolute atomic E-state index is 12.3. The second kappa shape index (κ2) is 6.71. The van der Waals surface area contributed by atoms with Crippen molar-refractivity contribution in [2.75, 3.05) is 26.3 Å². The van der Waals surface area contributed by atoms with E-state index in [0.717, 1.165) is 32.7 Å². The molecular formula is C15H28N2O2. The zero-order valence-electron chi connectivity index (χ0n) is 12.4. The Kier molecular flexibility index (Phi) is 5.22. The first-order valence-corrected chi connectivity index (χ1v) is 7.72. The molecular weight excluding hydrogens is 240 g/mol. The Hall–Kier alpha value is -0.610. The monoisotopic (exact) mass is 268 g/mol. The SMILES string of the molecule is C[C@@H](CC(=O)N1CCCCCC1)N[C@@]1(C)CCOC1. The van der Waals surface area contributed by atoms with Crippen LogP contribution in [0.25, 0.3) is 0 Å². The molecule has 2 aliphatic rings. The lowest BCUT2D eigenvalue weighted by Gasteiger charge is -2.29. The Bertz CT molecular complexity index is 293. The summed E-state index contributed by atoms with van der Waals surface area (Å²) in [5.41, 5.74) is 0.0541. The highest BCUT2D eigenvalue weighted by Crippen LogP contribution is 2.19. The Morgan fingerprint density at radius 3 is 2.58 bits per heavy atom. The first-order chi connectivity index (χ1) is 9.09. The lowest BCUT2D eigenvalue weighted by atomic mass is 9.99. The summed E-state index contributed by atoms with van der Waals surface area (Å²) in [7, 11) is 0. The smallest absolute Gasteiger partial charge is 0.224 e. The van der Waals surface area contributed by atoms with Gasteiger partial charge in [0, 0.05) is 37.7 Å². The lowest BCUT2D eigenvalue weighted by molar-refractivity contribution is -0.131. The van der Waals surface area contributed by atoms with Crippen molar-refractivity contribution < 1.29 is 9.53 Å². The predicted octanol–water partition coefficient (Wildman–Crippen LogP) is 1.94. The Morgan fingerprint density at radius 2 is 2.00 bits per heavy atom. The number of ether oxygens (including phenoxy) is 1. The predicted molar refractivity (Wildman–Crippen MR) is 76.1 cm³/mol. The van der Waals surface area contributed by atoms with Gasteiger partial charge < -0.3 is 15.0 Å². The highest BCUT2D eigenvalue weighted by atomic mass is 16.5. The Labute approximate surface area is 116 Å². The third-order valence-corrected chi connectivity index (χ3v) is 4.25. The van der Waals surface area contributed by atoms with Gasteiger partial charge in [0.25, 0.3) is 0 Å². The van der Waals surface area contributed by atoms with Crippen molar-refractivity contribution in [3.8, 4) is 0 Å². The van der Waals surface area contributed by atoms with Gasteiger partial charge in [-0.25, -0.2) is 0 Å². The molecule has 2 heterocycles. The van der Waals surface area contributed by atoms with Gasteiger partial charge in [-0.1, -0.05) is 12.8 Å². The van der Waals surface area contributed by atoms with Crippen LogP contribution in [0.1, 0.15) is 52.4 Å². The maximum Gasteiger partial charge on any atom is 0.224 e. The normalized spacial score (nSPS) is 30.1. The summed E-state index contributed by atoms with van der Waals surface area (Å²) in [5.74, 6) is 0.310. The average molecular weight is 268 g/mol. The highest BCUT2D eigenvalue weighted by molar-refractivity contribution is 5.76. The van der Waals surface area contributed by atoms with Crippen molar-refractivity contribution in [3.63, 3.8) is 0 Å². The van der Waals surface area contributed by atoms with E-state index in [1.54, 1.807) is 0 Å². The van der Waals surface area contributed by atoms with Crippen LogP contribution in [0.4, 0.5) is 0 Å². The van der Waals surface area contributed by atoms with E-state index in [1.165, 1.54) is 25.7 Å². The third kappa shape index (κ3) is 4.46. The van der Waals surface area contributed by atoms with Crippen LogP contribution in [-0.2, 0) is 9.53 Å². The van der Waals surface area contributed by atoms with Crippen LogP contribution in [-0.4, -0.2) is 48.7 Å². The molecule has 0 bridgehead atoms. The number of likely N-dealkylation sites (tertiary alicyclic amines) is 1. The second-order valence-corrected chi connectivity index (χ2v) is 6.41. The van der Waals surface area contributed by atoms with Gasteiger partial charge in [0.15, 0.2) is 0 Å². The van der Waals surface area contributed by atoms with Crippen LogP contribution in [0.3, 0.4) is 0 Å². The number of hydrogen-bond donors (Lipinski definition) is 1. The van der Waals surface area contributed by atoms with Gasteiger partial charge in [-0.3, -0.25) is 4.79 Å². The first kappa shape index (κ1) is 14.8. The van der Waals surface area contributed by atoms with Crippen LogP contribution < -0.4 is 5.32 Å². The van der Waals surface area contributed by atoms with Crippen molar-refractivity contribution in [1.82, 2.24) is 10.2 Å². The summed E-state index contributed by atoms with van der Waals surface area (Å²) in [6, 6.07) is 0.224. The molecule has 1 amide bonds. The van der Waals surface area contributed by atoms with Gasteiger partial charge in [-0.05, 0) is 33.1 Å². The number of carbonyl (C=O) groups is 1. The first-order valence-electron chi connectivity index (χ1n) is 7.72. The average Bonchev–Trinajstić information content (AvgIpc) is 2.64. The minimum absolute atomic E-state index is 0.0541. The van der Waals surface area contributed by atoms with Crippen LogP contribution in [0.5, 0.6) is 0 Å². The minimum Gasteiger partial charge on any atom is -0.379 e. The molecule has 0 spiro atoms. The van der Waals surface area contributed by atoms with Gasteiger partial charge >= 0.3 is 0 Å². The van der Waals surface area contributed by atoms with E-state index in [9.17, 15) is 4.79 Å². The summed E-state index contributed by atoms with van der Waals surface area (Å²) in [5, 5.41) is 3.57. The van der Waals surface area contributed by atoms with E-state index in [4.69, 9.17) is 4.74 Å². The topological polar surface area (TPSA) is 41.6 Å². The van der Waals surface area contributed by atoms with E-state index in [0.29, 0.717) is 12.3 Å². The molecule has 1 N–H and O–H groups in total. The van der Waals surface area contributed by atoms with E-state index in [-0.39, 0.29) is 11.6 Å². The fourth-order valence-corrected chi connectivity index (χ4v) is 3.14. The van der Waals surface area contributed by atoms with E-state index >= 15 is 0 Å². The molecule has 0 aliphatic carbocycles. The highest BCUT2D eigenvalue weighted by Gasteiger charge is 2.31. The lowest BCUT2D eigenvalue weighted by Crippen LogP contribution is -2.49. The largest absolute Gasteiger partial charge is 0.379 e. The molecule has 2 atom stereocenters. The number of rotatable bonds is 4. The number of carbonyl (C=O) groups excluding carboxylic acids is 1. The number of amides is 1. The molecule has 0 aromatic rings. The maximum atomic E-state index is 12.3. The fourth-order valence-electron chi connectivity index (χ4n) is 3.14. The van der Waals surface area contributed by atoms with Gasteiger partial charge in [0.2, 0.25) is 5.91 Å². The van der Waals surface area contributed by atoms with Crippen molar-refractivity contribution in [3.05, 3.63) is 0 Å². The third-order valence-electron chi connectivity index (χ3n) is 4.25. The molecule has 110 valence electrons. The molecule has 0 aromatic carbocycles. The summed E-state index contributed by atoms with van der Waals surface area (Å²) < 4.78 is 5.44. The van der Waals surface area contributed by atoms with Gasteiger partial charge in [0.1, 0.15) is 0 Å². The summed E-state index contributed by atoms with van der Waals surface area (Å²) >= 11 is 0. The molecule has 0 saturated carbocycles. The van der Waals surface area contributed by atoms with Crippen LogP contribution in [0.15, 0.2) is 0 Å². The molecule has 0 unspecified atom stereocenters. The molecule has 2 rings (SSSR count). The molecule has 0 aromatic heterocycles. The van der Waals surface area contributed by atoms with Crippen LogP contribution in [0, 0.1) is 0 Å². The quantitative estimate of drug-likeness (QED) is 0.847.